The summed E-state index contributed by atoms with van der Waals surface area (Å²) in [5.74, 6) is -1.47. The van der Waals surface area contributed by atoms with Gasteiger partial charge in [-0.3, -0.25) is 10.1 Å². The maximum atomic E-state index is 10.7. The van der Waals surface area contributed by atoms with Crippen molar-refractivity contribution in [1.82, 2.24) is 4.98 Å². The molecular weight excluding hydrogens is 228 g/mol. The van der Waals surface area contributed by atoms with Gasteiger partial charge in [0.1, 0.15) is 6.61 Å². The molecule has 0 aliphatic heterocycles. The summed E-state index contributed by atoms with van der Waals surface area (Å²) in [5.41, 5.74) is -0.718. The Bertz CT molecular complexity index is 470. The van der Waals surface area contributed by atoms with E-state index in [2.05, 4.69) is 4.98 Å². The van der Waals surface area contributed by atoms with Crippen molar-refractivity contribution < 1.29 is 19.6 Å². The monoisotopic (exact) mass is 238 g/mol. The summed E-state index contributed by atoms with van der Waals surface area (Å²) in [7, 11) is 0. The zero-order chi connectivity index (χ0) is 12.8. The number of aromatic nitrogens is 1. The topological polar surface area (TPSA) is 103 Å². The summed E-state index contributed by atoms with van der Waals surface area (Å²) < 4.78 is 5.04. The smallest absolute Gasteiger partial charge is 0.337 e. The fourth-order valence-corrected chi connectivity index (χ4v) is 1.02. The average Bonchev–Trinajstić information content (AvgIpc) is 2.29. The molecule has 90 valence electrons. The summed E-state index contributed by atoms with van der Waals surface area (Å²) >= 11 is 0. The molecule has 0 atom stereocenters. The maximum Gasteiger partial charge on any atom is 0.337 e. The standard InChI is InChI=1S/C10H10N2O5/c1-2-3-4-17-9-8(12(15)16)5-7(6-11-9)10(13)14/h2-3,5-6H,4H2,1H3,(H,13,14)/b3-2+. The molecule has 0 bridgehead atoms. The lowest BCUT2D eigenvalue weighted by Gasteiger charge is -2.03. The Morgan fingerprint density at radius 3 is 2.94 bits per heavy atom. The van der Waals surface area contributed by atoms with Crippen LogP contribution in [0.5, 0.6) is 5.88 Å². The van der Waals surface area contributed by atoms with E-state index < -0.39 is 16.6 Å². The van der Waals surface area contributed by atoms with Crippen molar-refractivity contribution >= 4 is 11.7 Å². The molecule has 0 unspecified atom stereocenters. The van der Waals surface area contributed by atoms with Crippen LogP contribution in [0, 0.1) is 10.1 Å². The van der Waals surface area contributed by atoms with Crippen molar-refractivity contribution in [3.05, 3.63) is 40.1 Å². The van der Waals surface area contributed by atoms with E-state index >= 15 is 0 Å². The van der Waals surface area contributed by atoms with E-state index in [0.29, 0.717) is 0 Å². The number of carboxylic acids is 1. The zero-order valence-corrected chi connectivity index (χ0v) is 8.99. The third-order valence-corrected chi connectivity index (χ3v) is 1.83. The Labute approximate surface area is 96.5 Å². The van der Waals surface area contributed by atoms with Gasteiger partial charge in [-0.2, -0.15) is 0 Å². The minimum atomic E-state index is -1.28. The Morgan fingerprint density at radius 1 is 1.71 bits per heavy atom. The van der Waals surface area contributed by atoms with Gasteiger partial charge in [0.15, 0.2) is 0 Å². The van der Waals surface area contributed by atoms with Crippen LogP contribution in [0.2, 0.25) is 0 Å². The minimum Gasteiger partial charge on any atom is -0.478 e. The molecule has 1 rings (SSSR count). The van der Waals surface area contributed by atoms with Gasteiger partial charge in [0.2, 0.25) is 0 Å². The summed E-state index contributed by atoms with van der Waals surface area (Å²) in [6.07, 6.45) is 4.38. The Morgan fingerprint density at radius 2 is 2.41 bits per heavy atom. The van der Waals surface area contributed by atoms with Gasteiger partial charge in [-0.05, 0) is 6.92 Å². The van der Waals surface area contributed by atoms with Crippen LogP contribution >= 0.6 is 0 Å². The molecule has 1 N–H and O–H groups in total. The first-order valence-corrected chi connectivity index (χ1v) is 4.68. The summed E-state index contributed by atoms with van der Waals surface area (Å²) in [6.45, 7) is 1.91. The number of allylic oxidation sites excluding steroid dienone is 1. The second-order valence-electron chi connectivity index (χ2n) is 2.99. The Hall–Kier alpha value is -2.44. The third-order valence-electron chi connectivity index (χ3n) is 1.83. The number of nitro groups is 1. The highest BCUT2D eigenvalue weighted by Crippen LogP contribution is 2.24. The molecule has 0 amide bonds. The van der Waals surface area contributed by atoms with Crippen molar-refractivity contribution in [2.75, 3.05) is 6.61 Å². The van der Waals surface area contributed by atoms with Gasteiger partial charge in [-0.1, -0.05) is 12.2 Å². The molecule has 0 aromatic carbocycles. The quantitative estimate of drug-likeness (QED) is 0.475. The van der Waals surface area contributed by atoms with Crippen LogP contribution in [0.4, 0.5) is 5.69 Å². The molecule has 1 aromatic heterocycles. The summed E-state index contributed by atoms with van der Waals surface area (Å²) in [4.78, 5) is 24.2. The molecule has 0 radical (unpaired) electrons. The second kappa shape index (κ2) is 5.59. The highest BCUT2D eigenvalue weighted by atomic mass is 16.6. The van der Waals surface area contributed by atoms with Crippen LogP contribution in [0.3, 0.4) is 0 Å². The SMILES string of the molecule is C/C=C/COc1ncc(C(=O)O)cc1[N+](=O)[O-]. The van der Waals surface area contributed by atoms with Crippen molar-refractivity contribution in [1.29, 1.82) is 0 Å². The predicted octanol–water partition coefficient (Wildman–Crippen LogP) is 1.64. The summed E-state index contributed by atoms with van der Waals surface area (Å²) in [5, 5.41) is 19.4. The zero-order valence-electron chi connectivity index (χ0n) is 8.99. The first-order chi connectivity index (χ1) is 8.06. The molecule has 0 aliphatic rings. The fraction of sp³-hybridized carbons (Fsp3) is 0.200. The summed E-state index contributed by atoms with van der Waals surface area (Å²) in [6, 6.07) is 0.917. The normalized spacial score (nSPS) is 10.4. The number of nitrogens with zero attached hydrogens (tertiary/aromatic N) is 2. The van der Waals surface area contributed by atoms with Gasteiger partial charge in [0.05, 0.1) is 10.5 Å². The van der Waals surface area contributed by atoms with Crippen molar-refractivity contribution in [2.45, 2.75) is 6.92 Å². The third kappa shape index (κ3) is 3.26. The Kier molecular flexibility index (Phi) is 4.15. The molecule has 0 saturated heterocycles. The molecule has 0 fully saturated rings. The number of rotatable bonds is 5. The average molecular weight is 238 g/mol. The van der Waals surface area contributed by atoms with Crippen LogP contribution in [0.15, 0.2) is 24.4 Å². The van der Waals surface area contributed by atoms with Gasteiger partial charge in [0, 0.05) is 12.3 Å². The number of carboxylic acid groups (broad SMARTS) is 1. The first-order valence-electron chi connectivity index (χ1n) is 4.68. The second-order valence-corrected chi connectivity index (χ2v) is 2.99. The van der Waals surface area contributed by atoms with Crippen molar-refractivity contribution in [3.63, 3.8) is 0 Å². The van der Waals surface area contributed by atoms with Crippen molar-refractivity contribution in [3.8, 4) is 5.88 Å². The lowest BCUT2D eigenvalue weighted by Crippen LogP contribution is -2.04. The number of aromatic carboxylic acids is 1. The highest BCUT2D eigenvalue weighted by molar-refractivity contribution is 5.88. The van der Waals surface area contributed by atoms with E-state index in [1.54, 1.807) is 19.1 Å². The molecule has 17 heavy (non-hydrogen) atoms. The minimum absolute atomic E-state index is 0.136. The van der Waals surface area contributed by atoms with Crippen LogP contribution in [-0.2, 0) is 0 Å². The van der Waals surface area contributed by atoms with E-state index in [0.717, 1.165) is 12.3 Å². The molecule has 0 saturated carbocycles. The van der Waals surface area contributed by atoms with Crippen LogP contribution < -0.4 is 4.74 Å². The number of ether oxygens (including phenoxy) is 1. The van der Waals surface area contributed by atoms with Crippen molar-refractivity contribution in [2.24, 2.45) is 0 Å². The number of carbonyl (C=O) groups is 1. The van der Waals surface area contributed by atoms with Crippen LogP contribution in [-0.4, -0.2) is 27.6 Å². The van der Waals surface area contributed by atoms with Gasteiger partial charge >= 0.3 is 11.7 Å². The Balaban J connectivity index is 3.04. The van der Waals surface area contributed by atoms with E-state index in [1.807, 2.05) is 0 Å². The van der Waals surface area contributed by atoms with E-state index in [9.17, 15) is 14.9 Å². The lowest BCUT2D eigenvalue weighted by atomic mass is 10.2. The van der Waals surface area contributed by atoms with E-state index in [4.69, 9.17) is 9.84 Å². The van der Waals surface area contributed by atoms with E-state index in [-0.39, 0.29) is 18.1 Å². The molecule has 7 heteroatoms. The van der Waals surface area contributed by atoms with E-state index in [1.165, 1.54) is 0 Å². The maximum absolute atomic E-state index is 10.7. The fourth-order valence-electron chi connectivity index (χ4n) is 1.02. The predicted molar refractivity (Wildman–Crippen MR) is 58.2 cm³/mol. The lowest BCUT2D eigenvalue weighted by molar-refractivity contribution is -0.386. The van der Waals surface area contributed by atoms with Gasteiger partial charge in [0.25, 0.3) is 5.88 Å². The largest absolute Gasteiger partial charge is 0.478 e. The molecule has 7 nitrogen and oxygen atoms in total. The molecule has 0 spiro atoms. The van der Waals surface area contributed by atoms with Gasteiger partial charge < -0.3 is 9.84 Å². The van der Waals surface area contributed by atoms with Gasteiger partial charge in [-0.15, -0.1) is 0 Å². The molecule has 1 aromatic rings. The van der Waals surface area contributed by atoms with Crippen LogP contribution in [0.25, 0.3) is 0 Å². The van der Waals surface area contributed by atoms with Gasteiger partial charge in [-0.25, -0.2) is 9.78 Å². The van der Waals surface area contributed by atoms with Crippen LogP contribution in [0.1, 0.15) is 17.3 Å². The molecular formula is C10H10N2O5. The molecule has 0 aliphatic carbocycles. The number of hydrogen-bond donors (Lipinski definition) is 1. The number of hydrogen-bond acceptors (Lipinski definition) is 5. The molecule has 1 heterocycles. The number of pyridine rings is 1. The highest BCUT2D eigenvalue weighted by Gasteiger charge is 2.19. The first kappa shape index (κ1) is 12.6.